The highest BCUT2D eigenvalue weighted by molar-refractivity contribution is 9.09. The van der Waals surface area contributed by atoms with Gasteiger partial charge in [-0.2, -0.15) is 0 Å². The summed E-state index contributed by atoms with van der Waals surface area (Å²) in [5, 5.41) is 5.92. The van der Waals surface area contributed by atoms with E-state index < -0.39 is 5.41 Å². The fourth-order valence-electron chi connectivity index (χ4n) is 2.86. The molecule has 7 heteroatoms. The Hall–Kier alpha value is -1.73. The number of likely N-dealkylation sites (N-methyl/N-ethyl adjacent to an activating group) is 1. The first-order chi connectivity index (χ1) is 11.3. The number of thiazole rings is 1. The van der Waals surface area contributed by atoms with Gasteiger partial charge in [-0.3, -0.25) is 9.59 Å². The van der Waals surface area contributed by atoms with Crippen LogP contribution < -0.4 is 10.2 Å². The molecule has 1 aliphatic heterocycles. The number of halogens is 1. The zero-order chi connectivity index (χ0) is 17.5. The van der Waals surface area contributed by atoms with Gasteiger partial charge in [0.05, 0.1) is 11.1 Å². The Morgan fingerprint density at radius 1 is 1.42 bits per heavy atom. The number of benzene rings is 1. The largest absolute Gasteiger partial charge is 0.314 e. The van der Waals surface area contributed by atoms with Crippen LogP contribution in [-0.2, 0) is 15.0 Å². The van der Waals surface area contributed by atoms with Crippen molar-refractivity contribution < 1.29 is 9.59 Å². The third-order valence-electron chi connectivity index (χ3n) is 4.24. The molecule has 1 N–H and O–H groups in total. The molecule has 0 saturated heterocycles. The number of anilines is 2. The quantitative estimate of drug-likeness (QED) is 0.784. The number of carbonyl (C=O) groups is 2. The second-order valence-corrected chi connectivity index (χ2v) is 7.90. The summed E-state index contributed by atoms with van der Waals surface area (Å²) in [6.45, 7) is 3.88. The normalized spacial score (nSPS) is 15.5. The maximum Gasteiger partial charge on any atom is 0.236 e. The van der Waals surface area contributed by atoms with Crippen molar-refractivity contribution in [2.45, 2.75) is 25.7 Å². The SMILES string of the molecule is CN1C(=O)C(C)(C)c2cc(-c3csc(NC(=O)CCBr)n3)ccc21. The molecular formula is C17H18BrN3O2S. The molecule has 0 fully saturated rings. The van der Waals surface area contributed by atoms with E-state index >= 15 is 0 Å². The van der Waals surface area contributed by atoms with Gasteiger partial charge in [0.15, 0.2) is 5.13 Å². The van der Waals surface area contributed by atoms with Gasteiger partial charge < -0.3 is 10.2 Å². The van der Waals surface area contributed by atoms with Gasteiger partial charge in [-0.25, -0.2) is 4.98 Å². The number of amides is 2. The van der Waals surface area contributed by atoms with Crippen molar-refractivity contribution in [3.05, 3.63) is 29.1 Å². The Morgan fingerprint density at radius 3 is 2.88 bits per heavy atom. The van der Waals surface area contributed by atoms with Crippen LogP contribution >= 0.6 is 27.3 Å². The highest BCUT2D eigenvalue weighted by Crippen LogP contribution is 2.42. The van der Waals surface area contributed by atoms with Crippen molar-refractivity contribution in [2.24, 2.45) is 0 Å². The van der Waals surface area contributed by atoms with Crippen molar-refractivity contribution in [1.82, 2.24) is 4.98 Å². The van der Waals surface area contributed by atoms with E-state index in [0.29, 0.717) is 16.9 Å². The smallest absolute Gasteiger partial charge is 0.236 e. The van der Waals surface area contributed by atoms with Crippen LogP contribution in [0.3, 0.4) is 0 Å². The first kappa shape index (κ1) is 17.1. The van der Waals surface area contributed by atoms with E-state index in [2.05, 4.69) is 26.2 Å². The van der Waals surface area contributed by atoms with Crippen molar-refractivity contribution >= 4 is 49.9 Å². The number of fused-ring (bicyclic) bond motifs is 1. The van der Waals surface area contributed by atoms with Crippen LogP contribution in [0.4, 0.5) is 10.8 Å². The molecule has 24 heavy (non-hydrogen) atoms. The van der Waals surface area contributed by atoms with Crippen LogP contribution in [-0.4, -0.2) is 29.2 Å². The monoisotopic (exact) mass is 407 g/mol. The van der Waals surface area contributed by atoms with Gasteiger partial charge in [-0.05, 0) is 31.5 Å². The van der Waals surface area contributed by atoms with Crippen LogP contribution in [0.2, 0.25) is 0 Å². The van der Waals surface area contributed by atoms with Gasteiger partial charge in [-0.15, -0.1) is 11.3 Å². The lowest BCUT2D eigenvalue weighted by molar-refractivity contribution is -0.121. The maximum absolute atomic E-state index is 12.4. The van der Waals surface area contributed by atoms with Crippen molar-refractivity contribution in [3.8, 4) is 11.3 Å². The summed E-state index contributed by atoms with van der Waals surface area (Å²) < 4.78 is 0. The molecule has 2 amide bonds. The minimum Gasteiger partial charge on any atom is -0.314 e. The molecule has 0 saturated carbocycles. The molecular weight excluding hydrogens is 390 g/mol. The summed E-state index contributed by atoms with van der Waals surface area (Å²) >= 11 is 4.64. The molecule has 3 rings (SSSR count). The molecule has 1 aromatic carbocycles. The first-order valence-electron chi connectivity index (χ1n) is 7.59. The zero-order valence-corrected chi connectivity index (χ0v) is 16.1. The summed E-state index contributed by atoms with van der Waals surface area (Å²) in [7, 11) is 1.80. The molecule has 1 aliphatic rings. The van der Waals surface area contributed by atoms with Crippen molar-refractivity contribution in [3.63, 3.8) is 0 Å². The second-order valence-electron chi connectivity index (χ2n) is 6.25. The molecule has 0 spiro atoms. The van der Waals surface area contributed by atoms with Gasteiger partial charge in [0.2, 0.25) is 11.8 Å². The van der Waals surface area contributed by atoms with Gasteiger partial charge in [0.25, 0.3) is 0 Å². The zero-order valence-electron chi connectivity index (χ0n) is 13.7. The maximum atomic E-state index is 12.4. The number of nitrogens with zero attached hydrogens (tertiary/aromatic N) is 2. The number of alkyl halides is 1. The molecule has 0 bridgehead atoms. The molecule has 0 radical (unpaired) electrons. The number of rotatable bonds is 4. The van der Waals surface area contributed by atoms with E-state index in [-0.39, 0.29) is 11.8 Å². The predicted octanol–water partition coefficient (Wildman–Crippen LogP) is 3.79. The van der Waals surface area contributed by atoms with E-state index in [1.54, 1.807) is 11.9 Å². The Morgan fingerprint density at radius 2 is 2.17 bits per heavy atom. The average molecular weight is 408 g/mol. The van der Waals surface area contributed by atoms with Crippen LogP contribution in [0.5, 0.6) is 0 Å². The summed E-state index contributed by atoms with van der Waals surface area (Å²) in [6.07, 6.45) is 0.413. The Kier molecular flexibility index (Phi) is 4.48. The first-order valence-corrected chi connectivity index (χ1v) is 9.59. The highest BCUT2D eigenvalue weighted by atomic mass is 79.9. The molecule has 0 aliphatic carbocycles. The van der Waals surface area contributed by atoms with E-state index in [0.717, 1.165) is 22.5 Å². The molecule has 1 aromatic heterocycles. The van der Waals surface area contributed by atoms with Gasteiger partial charge >= 0.3 is 0 Å². The summed E-state index contributed by atoms with van der Waals surface area (Å²) in [5.74, 6) is 0.0331. The number of hydrogen-bond donors (Lipinski definition) is 1. The van der Waals surface area contributed by atoms with Crippen LogP contribution in [0.15, 0.2) is 23.6 Å². The molecule has 0 unspecified atom stereocenters. The van der Waals surface area contributed by atoms with Crippen LogP contribution in [0.1, 0.15) is 25.8 Å². The van der Waals surface area contributed by atoms with Crippen molar-refractivity contribution in [2.75, 3.05) is 22.6 Å². The van der Waals surface area contributed by atoms with Gasteiger partial charge in [0, 0.05) is 35.4 Å². The van der Waals surface area contributed by atoms with Crippen LogP contribution in [0, 0.1) is 0 Å². The Labute approximate surface area is 153 Å². The lowest BCUT2D eigenvalue weighted by Crippen LogP contribution is -2.33. The predicted molar refractivity (Wildman–Crippen MR) is 101 cm³/mol. The standard InChI is InChI=1S/C17H18BrN3O2S/c1-17(2)11-8-10(4-5-13(11)21(3)15(17)23)12-9-24-16(19-12)20-14(22)6-7-18/h4-5,8-9H,6-7H2,1-3H3,(H,19,20,22). The third-order valence-corrected chi connectivity index (χ3v) is 5.39. The third kappa shape index (κ3) is 2.86. The van der Waals surface area contributed by atoms with Gasteiger partial charge in [0.1, 0.15) is 0 Å². The second kappa shape index (κ2) is 6.29. The highest BCUT2D eigenvalue weighted by Gasteiger charge is 2.42. The van der Waals surface area contributed by atoms with Gasteiger partial charge in [-0.1, -0.05) is 22.0 Å². The Bertz CT molecular complexity index is 816. The topological polar surface area (TPSA) is 62.3 Å². The molecule has 5 nitrogen and oxygen atoms in total. The van der Waals surface area contributed by atoms with Crippen LogP contribution in [0.25, 0.3) is 11.3 Å². The molecule has 2 heterocycles. The molecule has 2 aromatic rings. The average Bonchev–Trinajstić information content (AvgIpc) is 3.06. The Balaban J connectivity index is 1.90. The lowest BCUT2D eigenvalue weighted by atomic mass is 9.85. The fraction of sp³-hybridized carbons (Fsp3) is 0.353. The number of carbonyl (C=O) groups excluding carboxylic acids is 2. The number of nitrogens with one attached hydrogen (secondary N) is 1. The number of aromatic nitrogens is 1. The van der Waals surface area contributed by atoms with E-state index in [4.69, 9.17) is 0 Å². The summed E-state index contributed by atoms with van der Waals surface area (Å²) in [6, 6.07) is 5.94. The number of hydrogen-bond acceptors (Lipinski definition) is 4. The fourth-order valence-corrected chi connectivity index (χ4v) is 3.96. The van der Waals surface area contributed by atoms with E-state index in [1.165, 1.54) is 11.3 Å². The lowest BCUT2D eigenvalue weighted by Gasteiger charge is -2.16. The van der Waals surface area contributed by atoms with E-state index in [9.17, 15) is 9.59 Å². The van der Waals surface area contributed by atoms with E-state index in [1.807, 2.05) is 37.4 Å². The summed E-state index contributed by atoms with van der Waals surface area (Å²) in [4.78, 5) is 30.2. The molecule has 126 valence electrons. The molecule has 0 atom stereocenters. The minimum atomic E-state index is -0.539. The summed E-state index contributed by atoms with van der Waals surface area (Å²) in [5.41, 5.74) is 3.15. The van der Waals surface area contributed by atoms with Crippen molar-refractivity contribution in [1.29, 1.82) is 0 Å². The minimum absolute atomic E-state index is 0.0601.